The molecular weight excluding hydrogens is 438 g/mol. The molecule has 3 aromatic rings. The summed E-state index contributed by atoms with van der Waals surface area (Å²) in [4.78, 5) is 35.7. The van der Waals surface area contributed by atoms with Crippen molar-refractivity contribution in [1.82, 2.24) is 15.3 Å². The highest BCUT2D eigenvalue weighted by molar-refractivity contribution is 7.10. The average Bonchev–Trinajstić information content (AvgIpc) is 3.34. The first-order valence-corrected chi connectivity index (χ1v) is 11.4. The Morgan fingerprint density at radius 1 is 1.06 bits per heavy atom. The number of allylic oxidation sites excluding steroid dienone is 1. The Bertz CT molecular complexity index is 1190. The van der Waals surface area contributed by atoms with Crippen molar-refractivity contribution < 1.29 is 19.1 Å². The normalized spacial score (nSPS) is 22.4. The molecule has 0 radical (unpaired) electrons. The molecule has 3 unspecified atom stereocenters. The Morgan fingerprint density at radius 2 is 1.76 bits per heavy atom. The molecule has 0 aliphatic carbocycles. The highest BCUT2D eigenvalue weighted by Gasteiger charge is 2.60. The van der Waals surface area contributed by atoms with Gasteiger partial charge in [-0.3, -0.25) is 9.78 Å². The van der Waals surface area contributed by atoms with Crippen LogP contribution in [-0.2, 0) is 24.5 Å². The van der Waals surface area contributed by atoms with Crippen LogP contribution in [0.3, 0.4) is 0 Å². The van der Waals surface area contributed by atoms with Gasteiger partial charge in [-0.15, -0.1) is 11.3 Å². The fraction of sp³-hybridized carbons (Fsp3) is 0.280. The van der Waals surface area contributed by atoms with Crippen molar-refractivity contribution in [3.05, 3.63) is 82.1 Å². The van der Waals surface area contributed by atoms with E-state index >= 15 is 0 Å². The Labute approximate surface area is 196 Å². The van der Waals surface area contributed by atoms with E-state index in [0.717, 1.165) is 16.8 Å². The summed E-state index contributed by atoms with van der Waals surface area (Å²) in [6.07, 6.45) is 3.40. The number of esters is 2. The third kappa shape index (κ3) is 3.70. The molecule has 3 atom stereocenters. The molecule has 33 heavy (non-hydrogen) atoms. The number of carbonyl (C=O) groups excluding carboxylic acids is 2. The number of aromatic nitrogens is 2. The van der Waals surface area contributed by atoms with Gasteiger partial charge >= 0.3 is 11.9 Å². The van der Waals surface area contributed by atoms with E-state index in [0.29, 0.717) is 16.3 Å². The van der Waals surface area contributed by atoms with Crippen LogP contribution in [0.2, 0.25) is 0 Å². The van der Waals surface area contributed by atoms with E-state index in [1.54, 1.807) is 12.4 Å². The third-order valence-corrected chi connectivity index (χ3v) is 7.15. The van der Waals surface area contributed by atoms with Crippen LogP contribution in [0.1, 0.15) is 30.3 Å². The Hall–Kier alpha value is -3.52. The van der Waals surface area contributed by atoms with Gasteiger partial charge in [0, 0.05) is 41.0 Å². The van der Waals surface area contributed by atoms with Crippen LogP contribution in [0.5, 0.6) is 0 Å². The molecule has 170 valence electrons. The van der Waals surface area contributed by atoms with Crippen molar-refractivity contribution >= 4 is 23.3 Å². The van der Waals surface area contributed by atoms with E-state index < -0.39 is 29.3 Å². The van der Waals surface area contributed by atoms with Gasteiger partial charge in [0.25, 0.3) is 0 Å². The molecule has 1 aliphatic rings. The molecule has 1 aromatic carbocycles. The zero-order valence-corrected chi connectivity index (χ0v) is 19.7. The first-order valence-electron chi connectivity index (χ1n) is 10.5. The van der Waals surface area contributed by atoms with Gasteiger partial charge in [0.2, 0.25) is 0 Å². The topological polar surface area (TPSA) is 90.4 Å². The Kier molecular flexibility index (Phi) is 6.29. The first kappa shape index (κ1) is 22.7. The van der Waals surface area contributed by atoms with Crippen molar-refractivity contribution in [3.63, 3.8) is 0 Å². The SMILES string of the molecule is COC(=O)C1=C(C)NC(C)C(C(=O)OC)(c2nc(-c3ccncc3)cs2)C1c1ccccc1. The van der Waals surface area contributed by atoms with Gasteiger partial charge in [0.05, 0.1) is 25.5 Å². The standard InChI is InChI=1S/C25H25N3O4S/c1-15-20(22(29)31-3)21(18-8-6-5-7-9-18)25(16(2)27-15,24(30)32-4)23-28-19(14-33-23)17-10-12-26-13-11-17/h5-14,16,21,27H,1-4H3. The summed E-state index contributed by atoms with van der Waals surface area (Å²) in [5.74, 6) is -1.63. The van der Waals surface area contributed by atoms with Crippen LogP contribution in [0.15, 0.2) is 71.5 Å². The third-order valence-electron chi connectivity index (χ3n) is 6.16. The van der Waals surface area contributed by atoms with Gasteiger partial charge in [0.15, 0.2) is 5.41 Å². The molecule has 0 saturated heterocycles. The Balaban J connectivity index is 2.02. The summed E-state index contributed by atoms with van der Waals surface area (Å²) < 4.78 is 10.5. The molecule has 4 rings (SSSR count). The van der Waals surface area contributed by atoms with E-state index in [4.69, 9.17) is 14.5 Å². The molecule has 7 nitrogen and oxygen atoms in total. The molecular formula is C25H25N3O4S. The molecule has 0 fully saturated rings. The molecule has 3 heterocycles. The molecule has 0 spiro atoms. The lowest BCUT2D eigenvalue weighted by molar-refractivity contribution is -0.150. The van der Waals surface area contributed by atoms with Crippen molar-refractivity contribution in [3.8, 4) is 11.3 Å². The van der Waals surface area contributed by atoms with E-state index in [9.17, 15) is 9.59 Å². The van der Waals surface area contributed by atoms with Crippen molar-refractivity contribution in [2.45, 2.75) is 31.2 Å². The number of rotatable bonds is 5. The average molecular weight is 464 g/mol. The number of benzene rings is 1. The number of hydrogen-bond acceptors (Lipinski definition) is 8. The van der Waals surface area contributed by atoms with Crippen LogP contribution < -0.4 is 5.32 Å². The zero-order valence-electron chi connectivity index (χ0n) is 18.9. The van der Waals surface area contributed by atoms with E-state index in [1.807, 2.05) is 61.7 Å². The lowest BCUT2D eigenvalue weighted by atomic mass is 9.62. The summed E-state index contributed by atoms with van der Waals surface area (Å²) in [7, 11) is 2.70. The summed E-state index contributed by atoms with van der Waals surface area (Å²) in [6, 6.07) is 12.8. The quantitative estimate of drug-likeness (QED) is 0.575. The fourth-order valence-corrected chi connectivity index (χ4v) is 5.78. The molecule has 1 N–H and O–H groups in total. The van der Waals surface area contributed by atoms with Crippen LogP contribution in [-0.4, -0.2) is 42.2 Å². The summed E-state index contributed by atoms with van der Waals surface area (Å²) in [6.45, 7) is 3.74. The summed E-state index contributed by atoms with van der Waals surface area (Å²) >= 11 is 1.37. The van der Waals surface area contributed by atoms with E-state index in [1.165, 1.54) is 25.6 Å². The summed E-state index contributed by atoms with van der Waals surface area (Å²) in [5, 5.41) is 5.80. The van der Waals surface area contributed by atoms with Crippen LogP contribution >= 0.6 is 11.3 Å². The monoisotopic (exact) mass is 463 g/mol. The van der Waals surface area contributed by atoms with Gasteiger partial charge in [-0.25, -0.2) is 9.78 Å². The molecule has 2 aromatic heterocycles. The maximum Gasteiger partial charge on any atom is 0.336 e. The number of carbonyl (C=O) groups is 2. The highest BCUT2D eigenvalue weighted by atomic mass is 32.1. The number of ether oxygens (including phenoxy) is 2. The van der Waals surface area contributed by atoms with E-state index in [2.05, 4.69) is 10.3 Å². The zero-order chi connectivity index (χ0) is 23.6. The van der Waals surface area contributed by atoms with Crippen molar-refractivity contribution in [2.75, 3.05) is 14.2 Å². The minimum Gasteiger partial charge on any atom is -0.468 e. The van der Waals surface area contributed by atoms with Gasteiger partial charge < -0.3 is 14.8 Å². The first-order chi connectivity index (χ1) is 15.9. The molecule has 1 aliphatic heterocycles. The van der Waals surface area contributed by atoms with E-state index in [-0.39, 0.29) is 0 Å². The largest absolute Gasteiger partial charge is 0.468 e. The molecule has 0 bridgehead atoms. The van der Waals surface area contributed by atoms with Gasteiger partial charge in [-0.05, 0) is 31.5 Å². The Morgan fingerprint density at radius 3 is 2.39 bits per heavy atom. The van der Waals surface area contributed by atoms with Crippen LogP contribution in [0.4, 0.5) is 0 Å². The number of pyridine rings is 1. The predicted octanol–water partition coefficient (Wildman–Crippen LogP) is 3.84. The maximum absolute atomic E-state index is 13.7. The van der Waals surface area contributed by atoms with Crippen molar-refractivity contribution in [1.29, 1.82) is 0 Å². The maximum atomic E-state index is 13.7. The molecule has 0 amide bonds. The predicted molar refractivity (Wildman–Crippen MR) is 126 cm³/mol. The lowest BCUT2D eigenvalue weighted by Crippen LogP contribution is -2.60. The summed E-state index contributed by atoms with van der Waals surface area (Å²) in [5.41, 5.74) is 2.17. The molecule has 0 saturated carbocycles. The fourth-order valence-electron chi connectivity index (χ4n) is 4.64. The number of methoxy groups -OCH3 is 2. The number of nitrogens with one attached hydrogen (secondary N) is 1. The van der Waals surface area contributed by atoms with Crippen LogP contribution in [0, 0.1) is 0 Å². The van der Waals surface area contributed by atoms with Gasteiger partial charge in [-0.1, -0.05) is 30.3 Å². The number of thiazole rings is 1. The number of hydrogen-bond donors (Lipinski definition) is 1. The van der Waals surface area contributed by atoms with Gasteiger partial charge in [-0.2, -0.15) is 0 Å². The molecule has 8 heteroatoms. The second-order valence-electron chi connectivity index (χ2n) is 7.87. The minimum atomic E-state index is -1.30. The minimum absolute atomic E-state index is 0.382. The van der Waals surface area contributed by atoms with Crippen LogP contribution in [0.25, 0.3) is 11.3 Å². The number of nitrogens with zero attached hydrogens (tertiary/aromatic N) is 2. The van der Waals surface area contributed by atoms with Gasteiger partial charge in [0.1, 0.15) is 5.01 Å². The second kappa shape index (κ2) is 9.15. The smallest absolute Gasteiger partial charge is 0.336 e. The van der Waals surface area contributed by atoms with Crippen molar-refractivity contribution in [2.24, 2.45) is 0 Å². The second-order valence-corrected chi connectivity index (χ2v) is 8.73. The lowest BCUT2D eigenvalue weighted by Gasteiger charge is -2.46. The highest BCUT2D eigenvalue weighted by Crippen LogP contribution is 2.51.